The maximum atomic E-state index is 11.8. The van der Waals surface area contributed by atoms with Crippen LogP contribution < -0.4 is 5.32 Å². The molecule has 2 fully saturated rings. The van der Waals surface area contributed by atoms with E-state index in [4.69, 9.17) is 12.2 Å². The van der Waals surface area contributed by atoms with Crippen molar-refractivity contribution in [2.75, 3.05) is 13.1 Å². The number of rotatable bonds is 6. The molecule has 0 spiro atoms. The fourth-order valence-corrected chi connectivity index (χ4v) is 3.03. The van der Waals surface area contributed by atoms with E-state index in [1.807, 2.05) is 15.3 Å². The van der Waals surface area contributed by atoms with Gasteiger partial charge in [-0.3, -0.25) is 9.69 Å². The van der Waals surface area contributed by atoms with Gasteiger partial charge in [-0.05, 0) is 37.9 Å². The standard InChI is InChI=1S/C15H23N5OS/c1-2-7-19-10-16-20(15(19)22)11-18-8-5-13(6-9-18)17-14(21)12-3-4-12/h2,10,12-13H,1,3-9,11H2,(H,17,21). The summed E-state index contributed by atoms with van der Waals surface area (Å²) >= 11 is 5.41. The second-order valence-corrected chi connectivity index (χ2v) is 6.54. The van der Waals surface area contributed by atoms with Crippen molar-refractivity contribution in [1.29, 1.82) is 0 Å². The topological polar surface area (TPSA) is 55.1 Å². The molecule has 1 aliphatic heterocycles. The molecule has 2 heterocycles. The number of hydrogen-bond donors (Lipinski definition) is 1. The molecular formula is C15H23N5OS. The Balaban J connectivity index is 1.48. The highest BCUT2D eigenvalue weighted by Crippen LogP contribution is 2.29. The van der Waals surface area contributed by atoms with Gasteiger partial charge >= 0.3 is 0 Å². The van der Waals surface area contributed by atoms with Crippen LogP contribution in [0.25, 0.3) is 0 Å². The van der Waals surface area contributed by atoms with E-state index >= 15 is 0 Å². The normalized spacial score (nSPS) is 20.0. The molecule has 1 aliphatic carbocycles. The first-order valence-electron chi connectivity index (χ1n) is 7.93. The van der Waals surface area contributed by atoms with E-state index in [-0.39, 0.29) is 5.91 Å². The van der Waals surface area contributed by atoms with Crippen molar-refractivity contribution < 1.29 is 4.79 Å². The first-order chi connectivity index (χ1) is 10.7. The molecule has 1 N–H and O–H groups in total. The summed E-state index contributed by atoms with van der Waals surface area (Å²) in [5, 5.41) is 7.52. The molecule has 0 aromatic carbocycles. The number of nitrogens with one attached hydrogen (secondary N) is 1. The summed E-state index contributed by atoms with van der Waals surface area (Å²) < 4.78 is 4.48. The maximum absolute atomic E-state index is 11.8. The molecule has 22 heavy (non-hydrogen) atoms. The third-order valence-corrected chi connectivity index (χ3v) is 4.78. The molecule has 0 radical (unpaired) electrons. The molecule has 1 aromatic heterocycles. The van der Waals surface area contributed by atoms with Crippen LogP contribution in [0.3, 0.4) is 0 Å². The Bertz CT molecular complexity index is 595. The highest BCUT2D eigenvalue weighted by Gasteiger charge is 2.31. The van der Waals surface area contributed by atoms with Crippen LogP contribution in [-0.4, -0.2) is 44.3 Å². The number of carbonyl (C=O) groups is 1. The van der Waals surface area contributed by atoms with Crippen LogP contribution >= 0.6 is 12.2 Å². The highest BCUT2D eigenvalue weighted by molar-refractivity contribution is 7.71. The smallest absolute Gasteiger partial charge is 0.223 e. The van der Waals surface area contributed by atoms with Gasteiger partial charge in [0.15, 0.2) is 4.77 Å². The summed E-state index contributed by atoms with van der Waals surface area (Å²) in [6.45, 7) is 7.05. The third kappa shape index (κ3) is 3.64. The fraction of sp³-hybridized carbons (Fsp3) is 0.667. The Morgan fingerprint density at radius 1 is 1.41 bits per heavy atom. The van der Waals surface area contributed by atoms with Gasteiger partial charge in [0, 0.05) is 31.6 Å². The Hall–Kier alpha value is -1.47. The van der Waals surface area contributed by atoms with Gasteiger partial charge in [0.25, 0.3) is 0 Å². The van der Waals surface area contributed by atoms with Gasteiger partial charge < -0.3 is 9.88 Å². The number of amides is 1. The summed E-state index contributed by atoms with van der Waals surface area (Å²) in [4.78, 5) is 14.1. The molecular weight excluding hydrogens is 298 g/mol. The van der Waals surface area contributed by atoms with Crippen LogP contribution in [0.2, 0.25) is 0 Å². The average Bonchev–Trinajstić information content (AvgIpc) is 3.31. The lowest BCUT2D eigenvalue weighted by molar-refractivity contribution is -0.123. The fourth-order valence-electron chi connectivity index (χ4n) is 2.81. The largest absolute Gasteiger partial charge is 0.353 e. The number of likely N-dealkylation sites (tertiary alicyclic amines) is 1. The zero-order valence-electron chi connectivity index (χ0n) is 12.8. The second-order valence-electron chi connectivity index (χ2n) is 6.17. The lowest BCUT2D eigenvalue weighted by Crippen LogP contribution is -2.45. The molecule has 1 aromatic rings. The minimum atomic E-state index is 0.254. The van der Waals surface area contributed by atoms with E-state index < -0.39 is 0 Å². The first-order valence-corrected chi connectivity index (χ1v) is 8.34. The SMILES string of the molecule is C=CCn1cnn(CN2CCC(NC(=O)C3CC3)CC2)c1=S. The molecule has 2 aliphatic rings. The van der Waals surface area contributed by atoms with Gasteiger partial charge in [0.05, 0.1) is 6.67 Å². The molecule has 7 heteroatoms. The predicted octanol–water partition coefficient (Wildman–Crippen LogP) is 1.55. The molecule has 0 unspecified atom stereocenters. The predicted molar refractivity (Wildman–Crippen MR) is 86.7 cm³/mol. The van der Waals surface area contributed by atoms with Crippen LogP contribution in [0.4, 0.5) is 0 Å². The molecule has 1 saturated heterocycles. The van der Waals surface area contributed by atoms with Gasteiger partial charge in [-0.2, -0.15) is 5.10 Å². The van der Waals surface area contributed by atoms with E-state index in [0.29, 0.717) is 25.2 Å². The van der Waals surface area contributed by atoms with Crippen molar-refractivity contribution in [1.82, 2.24) is 24.6 Å². The second kappa shape index (κ2) is 6.75. The summed E-state index contributed by atoms with van der Waals surface area (Å²) in [7, 11) is 0. The van der Waals surface area contributed by atoms with E-state index in [1.165, 1.54) is 0 Å². The van der Waals surface area contributed by atoms with Gasteiger partial charge in [0.1, 0.15) is 6.33 Å². The molecule has 3 rings (SSSR count). The van der Waals surface area contributed by atoms with Crippen LogP contribution in [0.1, 0.15) is 25.7 Å². The molecule has 1 amide bonds. The highest BCUT2D eigenvalue weighted by atomic mass is 32.1. The van der Waals surface area contributed by atoms with Crippen LogP contribution in [0.15, 0.2) is 19.0 Å². The molecule has 120 valence electrons. The third-order valence-electron chi connectivity index (χ3n) is 4.34. The van der Waals surface area contributed by atoms with E-state index in [1.54, 1.807) is 6.33 Å². The van der Waals surface area contributed by atoms with Gasteiger partial charge in [-0.15, -0.1) is 6.58 Å². The Labute approximate surface area is 135 Å². The Morgan fingerprint density at radius 3 is 2.77 bits per heavy atom. The summed E-state index contributed by atoms with van der Waals surface area (Å²) in [6.07, 6.45) is 7.70. The lowest BCUT2D eigenvalue weighted by atomic mass is 10.1. The Morgan fingerprint density at radius 2 is 2.14 bits per heavy atom. The minimum Gasteiger partial charge on any atom is -0.353 e. The monoisotopic (exact) mass is 321 g/mol. The zero-order chi connectivity index (χ0) is 15.5. The van der Waals surface area contributed by atoms with Gasteiger partial charge in [-0.1, -0.05) is 6.08 Å². The lowest BCUT2D eigenvalue weighted by Gasteiger charge is -2.32. The average molecular weight is 321 g/mol. The van der Waals surface area contributed by atoms with Crippen molar-refractivity contribution in [2.45, 2.75) is 44.9 Å². The number of aromatic nitrogens is 3. The number of piperidine rings is 1. The molecule has 6 nitrogen and oxygen atoms in total. The van der Waals surface area contributed by atoms with Crippen molar-refractivity contribution in [3.8, 4) is 0 Å². The number of allylic oxidation sites excluding steroid dienone is 1. The quantitative estimate of drug-likeness (QED) is 0.638. The summed E-state index contributed by atoms with van der Waals surface area (Å²) in [5.74, 6) is 0.550. The molecule has 1 saturated carbocycles. The molecule has 0 atom stereocenters. The summed E-state index contributed by atoms with van der Waals surface area (Å²) in [6, 6.07) is 0.329. The first kappa shape index (κ1) is 15.4. The number of nitrogens with zero attached hydrogens (tertiary/aromatic N) is 4. The van der Waals surface area contributed by atoms with Crippen LogP contribution in [-0.2, 0) is 18.0 Å². The molecule has 0 bridgehead atoms. The summed E-state index contributed by atoms with van der Waals surface area (Å²) in [5.41, 5.74) is 0. The van der Waals surface area contributed by atoms with E-state index in [0.717, 1.165) is 43.5 Å². The van der Waals surface area contributed by atoms with Crippen molar-refractivity contribution >= 4 is 18.1 Å². The maximum Gasteiger partial charge on any atom is 0.223 e. The van der Waals surface area contributed by atoms with E-state index in [9.17, 15) is 4.79 Å². The van der Waals surface area contributed by atoms with Gasteiger partial charge in [-0.25, -0.2) is 4.68 Å². The van der Waals surface area contributed by atoms with Crippen LogP contribution in [0.5, 0.6) is 0 Å². The Kier molecular flexibility index (Phi) is 4.73. The van der Waals surface area contributed by atoms with Crippen molar-refractivity contribution in [3.05, 3.63) is 23.8 Å². The number of hydrogen-bond acceptors (Lipinski definition) is 4. The van der Waals surface area contributed by atoms with Crippen molar-refractivity contribution in [3.63, 3.8) is 0 Å². The minimum absolute atomic E-state index is 0.254. The van der Waals surface area contributed by atoms with Gasteiger partial charge in [0.2, 0.25) is 5.91 Å². The van der Waals surface area contributed by atoms with E-state index in [2.05, 4.69) is 21.9 Å². The number of carbonyl (C=O) groups excluding carboxylic acids is 1. The zero-order valence-corrected chi connectivity index (χ0v) is 13.6. The van der Waals surface area contributed by atoms with Crippen LogP contribution in [0, 0.1) is 10.7 Å². The van der Waals surface area contributed by atoms with Crippen molar-refractivity contribution in [2.24, 2.45) is 5.92 Å².